The number of methoxy groups -OCH3 is 1. The molecule has 8 nitrogen and oxygen atoms in total. The fourth-order valence-electron chi connectivity index (χ4n) is 3.11. The molecule has 0 aliphatic carbocycles. The predicted molar refractivity (Wildman–Crippen MR) is 129 cm³/mol. The molecule has 2 N–H and O–H groups in total. The lowest BCUT2D eigenvalue weighted by Gasteiger charge is -2.14. The Hall–Kier alpha value is -4.79. The second-order valence-electron chi connectivity index (χ2n) is 7.10. The smallest absolute Gasteiger partial charge is 0.335 e. The van der Waals surface area contributed by atoms with Gasteiger partial charge in [0.25, 0.3) is 5.91 Å². The molecule has 0 unspecified atom stereocenters. The van der Waals surface area contributed by atoms with Crippen molar-refractivity contribution in [1.29, 1.82) is 10.5 Å². The Bertz CT molecular complexity index is 1400. The Balaban J connectivity index is 1.84. The van der Waals surface area contributed by atoms with Crippen LogP contribution in [0.15, 0.2) is 66.2 Å². The second kappa shape index (κ2) is 11.4. The van der Waals surface area contributed by atoms with Gasteiger partial charge in [-0.2, -0.15) is 10.5 Å². The van der Waals surface area contributed by atoms with E-state index < -0.39 is 11.9 Å². The number of carbonyl (C=O) groups excluding carboxylic acids is 1. The summed E-state index contributed by atoms with van der Waals surface area (Å²) in [7, 11) is 1.42. The molecule has 9 heteroatoms. The van der Waals surface area contributed by atoms with Crippen molar-refractivity contribution in [3.05, 3.63) is 93.5 Å². The van der Waals surface area contributed by atoms with E-state index in [0.29, 0.717) is 16.7 Å². The molecule has 3 aromatic carbocycles. The highest BCUT2D eigenvalue weighted by Gasteiger charge is 2.15. The van der Waals surface area contributed by atoms with E-state index in [-0.39, 0.29) is 40.0 Å². The van der Waals surface area contributed by atoms with Gasteiger partial charge in [0, 0.05) is 11.3 Å². The van der Waals surface area contributed by atoms with Gasteiger partial charge in [-0.05, 0) is 48.0 Å². The third-order valence-electron chi connectivity index (χ3n) is 4.81. The molecule has 0 radical (unpaired) electrons. The number of carboxylic acid groups (broad SMARTS) is 1. The lowest BCUT2D eigenvalue weighted by Crippen LogP contribution is -2.14. The Morgan fingerprint density at radius 3 is 2.57 bits per heavy atom. The van der Waals surface area contributed by atoms with Gasteiger partial charge in [-0.1, -0.05) is 35.9 Å². The highest BCUT2D eigenvalue weighted by Crippen LogP contribution is 2.37. The van der Waals surface area contributed by atoms with E-state index in [1.807, 2.05) is 6.07 Å². The van der Waals surface area contributed by atoms with Gasteiger partial charge in [-0.3, -0.25) is 4.79 Å². The van der Waals surface area contributed by atoms with Gasteiger partial charge in [0.2, 0.25) is 0 Å². The Morgan fingerprint density at radius 1 is 1.11 bits per heavy atom. The fraction of sp³-hybridized carbons (Fsp3) is 0.0769. The summed E-state index contributed by atoms with van der Waals surface area (Å²) in [4.78, 5) is 23.7. The second-order valence-corrected chi connectivity index (χ2v) is 7.51. The molecule has 0 heterocycles. The van der Waals surface area contributed by atoms with Crippen molar-refractivity contribution in [2.75, 3.05) is 12.4 Å². The van der Waals surface area contributed by atoms with Gasteiger partial charge in [0.1, 0.15) is 18.2 Å². The molecular formula is C26H18ClN3O5. The summed E-state index contributed by atoms with van der Waals surface area (Å²) in [5.41, 5.74) is 1.54. The summed E-state index contributed by atoms with van der Waals surface area (Å²) in [5, 5.41) is 30.5. The SMILES string of the molecule is COc1cc(/C=C(/C#N)C(=O)Nc2cccc(C(=O)O)c2)cc(Cl)c1OCc1ccccc1C#N. The molecule has 0 bridgehead atoms. The number of rotatable bonds is 8. The minimum Gasteiger partial charge on any atom is -0.493 e. The van der Waals surface area contributed by atoms with Crippen LogP contribution in [-0.4, -0.2) is 24.1 Å². The van der Waals surface area contributed by atoms with E-state index in [9.17, 15) is 20.1 Å². The average Bonchev–Trinajstić information content (AvgIpc) is 2.86. The van der Waals surface area contributed by atoms with E-state index in [1.54, 1.807) is 30.3 Å². The third-order valence-corrected chi connectivity index (χ3v) is 5.09. The highest BCUT2D eigenvalue weighted by molar-refractivity contribution is 6.32. The van der Waals surface area contributed by atoms with Gasteiger partial charge in [0.15, 0.2) is 11.5 Å². The minimum absolute atomic E-state index is 0.00483. The predicted octanol–water partition coefficient (Wildman–Crippen LogP) is 5.04. The number of ether oxygens (including phenoxy) is 2. The number of amides is 1. The highest BCUT2D eigenvalue weighted by atomic mass is 35.5. The number of anilines is 1. The van der Waals surface area contributed by atoms with Crippen LogP contribution in [0.3, 0.4) is 0 Å². The van der Waals surface area contributed by atoms with Gasteiger partial charge < -0.3 is 19.9 Å². The van der Waals surface area contributed by atoms with Crippen LogP contribution >= 0.6 is 11.6 Å². The molecule has 3 aromatic rings. The Labute approximate surface area is 206 Å². The molecule has 0 spiro atoms. The Kier molecular flexibility index (Phi) is 8.07. The van der Waals surface area contributed by atoms with E-state index >= 15 is 0 Å². The van der Waals surface area contributed by atoms with Crippen molar-refractivity contribution in [2.45, 2.75) is 6.61 Å². The lowest BCUT2D eigenvalue weighted by molar-refractivity contribution is -0.112. The summed E-state index contributed by atoms with van der Waals surface area (Å²) < 4.78 is 11.2. The molecule has 1 amide bonds. The molecule has 0 aliphatic rings. The first kappa shape index (κ1) is 24.8. The summed E-state index contributed by atoms with van der Waals surface area (Å²) in [5.74, 6) is -1.35. The Morgan fingerprint density at radius 2 is 1.89 bits per heavy atom. The first-order valence-electron chi connectivity index (χ1n) is 10.1. The summed E-state index contributed by atoms with van der Waals surface area (Å²) >= 11 is 6.40. The van der Waals surface area contributed by atoms with Gasteiger partial charge >= 0.3 is 5.97 Å². The number of aromatic carboxylic acids is 1. The molecule has 0 atom stereocenters. The van der Waals surface area contributed by atoms with Crippen molar-refractivity contribution in [3.63, 3.8) is 0 Å². The molecule has 0 aromatic heterocycles. The standard InChI is InChI=1S/C26H18ClN3O5/c1-34-23-11-16(10-22(27)24(23)35-15-19-6-3-2-5-18(19)13-28)9-20(14-29)25(31)30-21-8-4-7-17(12-21)26(32)33/h2-12H,15H2,1H3,(H,30,31)(H,32,33)/b20-9-. The van der Waals surface area contributed by atoms with Crippen LogP contribution in [0.5, 0.6) is 11.5 Å². The first-order valence-corrected chi connectivity index (χ1v) is 10.5. The van der Waals surface area contributed by atoms with E-state index in [4.69, 9.17) is 26.2 Å². The maximum absolute atomic E-state index is 12.6. The lowest BCUT2D eigenvalue weighted by atomic mass is 10.1. The van der Waals surface area contributed by atoms with Gasteiger partial charge in [0.05, 0.1) is 29.3 Å². The molecule has 174 valence electrons. The molecule has 35 heavy (non-hydrogen) atoms. The third kappa shape index (κ3) is 6.17. The van der Waals surface area contributed by atoms with E-state index in [1.165, 1.54) is 43.5 Å². The summed E-state index contributed by atoms with van der Waals surface area (Å²) in [6.45, 7) is 0.0796. The van der Waals surface area contributed by atoms with Gasteiger partial charge in [-0.15, -0.1) is 0 Å². The average molecular weight is 488 g/mol. The maximum Gasteiger partial charge on any atom is 0.335 e. The van der Waals surface area contributed by atoms with Crippen LogP contribution < -0.4 is 14.8 Å². The largest absolute Gasteiger partial charge is 0.493 e. The van der Waals surface area contributed by atoms with Crippen molar-refractivity contribution < 1.29 is 24.2 Å². The molecule has 0 aliphatic heterocycles. The van der Waals surface area contributed by atoms with Crippen LogP contribution in [0.25, 0.3) is 6.08 Å². The van der Waals surface area contributed by atoms with Crippen molar-refractivity contribution >= 4 is 35.2 Å². The number of carboxylic acids is 1. The quantitative estimate of drug-likeness (QED) is 0.336. The zero-order valence-corrected chi connectivity index (χ0v) is 19.2. The number of hydrogen-bond donors (Lipinski definition) is 2. The number of hydrogen-bond acceptors (Lipinski definition) is 6. The first-order chi connectivity index (χ1) is 16.9. The fourth-order valence-corrected chi connectivity index (χ4v) is 3.39. The van der Waals surface area contributed by atoms with Crippen molar-refractivity contribution in [3.8, 4) is 23.6 Å². The summed E-state index contributed by atoms with van der Waals surface area (Å²) in [6.07, 6.45) is 1.32. The monoisotopic (exact) mass is 487 g/mol. The molecular weight excluding hydrogens is 470 g/mol. The van der Waals surface area contributed by atoms with Crippen molar-refractivity contribution in [2.24, 2.45) is 0 Å². The molecule has 0 saturated carbocycles. The van der Waals surface area contributed by atoms with Crippen LogP contribution in [0.4, 0.5) is 5.69 Å². The van der Waals surface area contributed by atoms with Gasteiger partial charge in [-0.25, -0.2) is 4.79 Å². The number of nitrogens with zero attached hydrogens (tertiary/aromatic N) is 2. The number of halogens is 1. The normalized spacial score (nSPS) is 10.6. The zero-order valence-electron chi connectivity index (χ0n) is 18.4. The van der Waals surface area contributed by atoms with Crippen molar-refractivity contribution in [1.82, 2.24) is 0 Å². The summed E-state index contributed by atoms with van der Waals surface area (Å²) in [6, 6.07) is 19.6. The zero-order chi connectivity index (χ0) is 25.4. The van der Waals surface area contributed by atoms with Crippen LogP contribution in [0.1, 0.15) is 27.0 Å². The van der Waals surface area contributed by atoms with E-state index in [2.05, 4.69) is 11.4 Å². The maximum atomic E-state index is 12.6. The molecule has 0 saturated heterocycles. The number of nitriles is 2. The molecule has 0 fully saturated rings. The topological polar surface area (TPSA) is 132 Å². The minimum atomic E-state index is -1.14. The van der Waals surface area contributed by atoms with E-state index in [0.717, 1.165) is 0 Å². The van der Waals surface area contributed by atoms with Crippen LogP contribution in [-0.2, 0) is 11.4 Å². The van der Waals surface area contributed by atoms with Crippen LogP contribution in [0.2, 0.25) is 5.02 Å². The number of nitrogens with one attached hydrogen (secondary N) is 1. The number of carbonyl (C=O) groups is 2. The number of benzene rings is 3. The van der Waals surface area contributed by atoms with Crippen LogP contribution in [0, 0.1) is 22.7 Å². The molecule has 3 rings (SSSR count).